The van der Waals surface area contributed by atoms with Crippen molar-refractivity contribution < 1.29 is 9.18 Å². The van der Waals surface area contributed by atoms with E-state index in [0.717, 1.165) is 11.3 Å². The van der Waals surface area contributed by atoms with E-state index < -0.39 is 17.3 Å². The standard InChI is InChI=1S/C22H20ClFN2O2/c1-3-26(20-12-5-4-8-15(20)2)22(28)16-9-7-13-25(21(16)27)14-17-18(23)10-6-11-19(17)24/h4-13H,3,14H2,1-2H3. The van der Waals surface area contributed by atoms with E-state index >= 15 is 0 Å². The highest BCUT2D eigenvalue weighted by Crippen LogP contribution is 2.22. The van der Waals surface area contributed by atoms with Gasteiger partial charge in [0.25, 0.3) is 11.5 Å². The lowest BCUT2D eigenvalue weighted by Gasteiger charge is -2.23. The third-order valence-corrected chi connectivity index (χ3v) is 4.96. The lowest BCUT2D eigenvalue weighted by molar-refractivity contribution is 0.0986. The maximum atomic E-state index is 14.1. The average molecular weight is 399 g/mol. The van der Waals surface area contributed by atoms with Crippen molar-refractivity contribution in [2.75, 3.05) is 11.4 Å². The molecule has 2 aromatic carbocycles. The van der Waals surface area contributed by atoms with Gasteiger partial charge in [-0.05, 0) is 49.7 Å². The molecule has 0 aliphatic rings. The van der Waals surface area contributed by atoms with Gasteiger partial charge < -0.3 is 9.47 Å². The zero-order valence-corrected chi connectivity index (χ0v) is 16.4. The Morgan fingerprint density at radius 2 is 1.86 bits per heavy atom. The Kier molecular flexibility index (Phi) is 5.95. The zero-order chi connectivity index (χ0) is 20.3. The van der Waals surface area contributed by atoms with Crippen LogP contribution in [-0.2, 0) is 6.54 Å². The van der Waals surface area contributed by atoms with Crippen LogP contribution >= 0.6 is 11.6 Å². The number of aryl methyl sites for hydroxylation is 1. The van der Waals surface area contributed by atoms with Crippen LogP contribution in [0.2, 0.25) is 5.02 Å². The van der Waals surface area contributed by atoms with Gasteiger partial charge in [0, 0.05) is 29.0 Å². The van der Waals surface area contributed by atoms with Crippen LogP contribution in [0.5, 0.6) is 0 Å². The van der Waals surface area contributed by atoms with Crippen molar-refractivity contribution in [1.29, 1.82) is 0 Å². The zero-order valence-electron chi connectivity index (χ0n) is 15.7. The summed E-state index contributed by atoms with van der Waals surface area (Å²) in [6.45, 7) is 4.12. The number of carbonyl (C=O) groups excluding carboxylic acids is 1. The number of aromatic nitrogens is 1. The summed E-state index contributed by atoms with van der Waals surface area (Å²) in [5.41, 5.74) is 1.44. The summed E-state index contributed by atoms with van der Waals surface area (Å²) in [6, 6.07) is 15.0. The molecule has 0 spiro atoms. The van der Waals surface area contributed by atoms with E-state index in [1.165, 1.54) is 29.0 Å². The molecule has 3 rings (SSSR count). The number of pyridine rings is 1. The van der Waals surface area contributed by atoms with Crippen LogP contribution in [0.1, 0.15) is 28.4 Å². The minimum Gasteiger partial charge on any atom is -0.310 e. The predicted octanol–water partition coefficient (Wildman–Crippen LogP) is 4.66. The number of halogens is 2. The van der Waals surface area contributed by atoms with Crippen LogP contribution in [0.3, 0.4) is 0 Å². The van der Waals surface area contributed by atoms with Gasteiger partial charge in [0.05, 0.1) is 6.54 Å². The topological polar surface area (TPSA) is 42.3 Å². The SMILES string of the molecule is CCN(C(=O)c1cccn(Cc2c(F)cccc2Cl)c1=O)c1ccccc1C. The van der Waals surface area contributed by atoms with E-state index in [2.05, 4.69) is 0 Å². The number of nitrogens with zero attached hydrogens (tertiary/aromatic N) is 2. The molecule has 0 atom stereocenters. The summed E-state index contributed by atoms with van der Waals surface area (Å²) in [6.07, 6.45) is 1.52. The molecular weight excluding hydrogens is 379 g/mol. The first kappa shape index (κ1) is 19.8. The molecule has 1 amide bonds. The number of rotatable bonds is 5. The van der Waals surface area contributed by atoms with Crippen LogP contribution in [0.4, 0.5) is 10.1 Å². The van der Waals surface area contributed by atoms with Crippen LogP contribution in [0.15, 0.2) is 65.6 Å². The van der Waals surface area contributed by atoms with E-state index in [0.29, 0.717) is 6.54 Å². The van der Waals surface area contributed by atoms with Gasteiger partial charge in [0.2, 0.25) is 0 Å². The van der Waals surface area contributed by atoms with Crippen LogP contribution in [0.25, 0.3) is 0 Å². The van der Waals surface area contributed by atoms with Gasteiger partial charge in [-0.25, -0.2) is 4.39 Å². The molecule has 144 valence electrons. The Morgan fingerprint density at radius 1 is 1.11 bits per heavy atom. The third-order valence-electron chi connectivity index (χ3n) is 4.61. The van der Waals surface area contributed by atoms with Crippen LogP contribution in [-0.4, -0.2) is 17.0 Å². The van der Waals surface area contributed by atoms with E-state index in [1.807, 2.05) is 38.1 Å². The summed E-state index contributed by atoms with van der Waals surface area (Å²) in [4.78, 5) is 27.6. The van der Waals surface area contributed by atoms with Crippen molar-refractivity contribution in [3.8, 4) is 0 Å². The number of anilines is 1. The van der Waals surface area contributed by atoms with Crippen LogP contribution in [0, 0.1) is 12.7 Å². The Balaban J connectivity index is 2.00. The molecule has 0 aliphatic carbocycles. The van der Waals surface area contributed by atoms with Crippen molar-refractivity contribution in [1.82, 2.24) is 4.57 Å². The molecule has 0 saturated carbocycles. The molecule has 1 heterocycles. The normalized spacial score (nSPS) is 10.7. The number of hydrogen-bond acceptors (Lipinski definition) is 2. The van der Waals surface area contributed by atoms with E-state index in [-0.39, 0.29) is 22.7 Å². The monoisotopic (exact) mass is 398 g/mol. The van der Waals surface area contributed by atoms with Gasteiger partial charge in [-0.15, -0.1) is 0 Å². The second-order valence-corrected chi connectivity index (χ2v) is 6.80. The van der Waals surface area contributed by atoms with Crippen molar-refractivity contribution >= 4 is 23.2 Å². The molecule has 0 unspecified atom stereocenters. The number of amides is 1. The minimum atomic E-state index is -0.494. The first-order valence-electron chi connectivity index (χ1n) is 8.94. The lowest BCUT2D eigenvalue weighted by Crippen LogP contribution is -2.37. The Morgan fingerprint density at radius 3 is 2.54 bits per heavy atom. The highest BCUT2D eigenvalue weighted by atomic mass is 35.5. The molecule has 0 bridgehead atoms. The molecule has 0 aliphatic heterocycles. The highest BCUT2D eigenvalue weighted by Gasteiger charge is 2.21. The number of para-hydroxylation sites is 1. The summed E-state index contributed by atoms with van der Waals surface area (Å²) < 4.78 is 15.4. The van der Waals surface area contributed by atoms with Crippen molar-refractivity contribution in [2.24, 2.45) is 0 Å². The second kappa shape index (κ2) is 8.40. The van der Waals surface area contributed by atoms with Gasteiger partial charge >= 0.3 is 0 Å². The van der Waals surface area contributed by atoms with Gasteiger partial charge in [-0.3, -0.25) is 9.59 Å². The lowest BCUT2D eigenvalue weighted by atomic mass is 10.1. The fourth-order valence-electron chi connectivity index (χ4n) is 3.11. The minimum absolute atomic E-state index is 0.0278. The highest BCUT2D eigenvalue weighted by molar-refractivity contribution is 6.31. The molecule has 28 heavy (non-hydrogen) atoms. The predicted molar refractivity (Wildman–Crippen MR) is 110 cm³/mol. The molecule has 0 radical (unpaired) electrons. The quantitative estimate of drug-likeness (QED) is 0.627. The fourth-order valence-corrected chi connectivity index (χ4v) is 3.34. The second-order valence-electron chi connectivity index (χ2n) is 6.39. The summed E-state index contributed by atoms with van der Waals surface area (Å²) in [5.74, 6) is -0.887. The van der Waals surface area contributed by atoms with Gasteiger partial charge in [0.15, 0.2) is 0 Å². The fraction of sp³-hybridized carbons (Fsp3) is 0.182. The van der Waals surface area contributed by atoms with Crippen molar-refractivity contribution in [2.45, 2.75) is 20.4 Å². The molecule has 1 aromatic heterocycles. The molecule has 4 nitrogen and oxygen atoms in total. The third kappa shape index (κ3) is 3.85. The van der Waals surface area contributed by atoms with E-state index in [9.17, 15) is 14.0 Å². The van der Waals surface area contributed by atoms with E-state index in [1.54, 1.807) is 17.0 Å². The summed E-state index contributed by atoms with van der Waals surface area (Å²) in [7, 11) is 0. The number of carbonyl (C=O) groups is 1. The van der Waals surface area contributed by atoms with Crippen molar-refractivity contribution in [3.63, 3.8) is 0 Å². The number of hydrogen-bond donors (Lipinski definition) is 0. The average Bonchev–Trinajstić information content (AvgIpc) is 2.68. The van der Waals surface area contributed by atoms with Gasteiger partial charge in [-0.2, -0.15) is 0 Å². The van der Waals surface area contributed by atoms with Crippen LogP contribution < -0.4 is 10.5 Å². The van der Waals surface area contributed by atoms with Crippen molar-refractivity contribution in [3.05, 3.63) is 98.7 Å². The molecule has 6 heteroatoms. The largest absolute Gasteiger partial charge is 0.310 e. The summed E-state index contributed by atoms with van der Waals surface area (Å²) >= 11 is 6.07. The number of benzene rings is 2. The first-order valence-corrected chi connectivity index (χ1v) is 9.31. The molecular formula is C22H20ClFN2O2. The van der Waals surface area contributed by atoms with Gasteiger partial charge in [0.1, 0.15) is 11.4 Å². The van der Waals surface area contributed by atoms with Gasteiger partial charge in [-0.1, -0.05) is 35.9 Å². The maximum Gasteiger partial charge on any atom is 0.263 e. The Bertz CT molecular complexity index is 1060. The maximum absolute atomic E-state index is 14.1. The molecule has 0 fully saturated rings. The van der Waals surface area contributed by atoms with E-state index in [4.69, 9.17) is 11.6 Å². The molecule has 3 aromatic rings. The Hall–Kier alpha value is -2.92. The molecule has 0 N–H and O–H groups in total. The summed E-state index contributed by atoms with van der Waals surface area (Å²) in [5, 5.41) is 0.235. The smallest absolute Gasteiger partial charge is 0.263 e. The molecule has 0 saturated heterocycles. The Labute approximate surface area is 167 Å². The first-order chi connectivity index (χ1) is 13.4.